The summed E-state index contributed by atoms with van der Waals surface area (Å²) >= 11 is 0. The van der Waals surface area contributed by atoms with Crippen LogP contribution in [-0.2, 0) is 6.61 Å². The van der Waals surface area contributed by atoms with Gasteiger partial charge in [-0.1, -0.05) is 26.3 Å². The van der Waals surface area contributed by atoms with E-state index in [9.17, 15) is 4.79 Å². The lowest BCUT2D eigenvalue weighted by Gasteiger charge is -2.10. The number of methoxy groups -OCH3 is 1. The summed E-state index contributed by atoms with van der Waals surface area (Å²) in [6, 6.07) is 9.03. The summed E-state index contributed by atoms with van der Waals surface area (Å²) in [6.45, 7) is 4.59. The van der Waals surface area contributed by atoms with Gasteiger partial charge in [-0.05, 0) is 24.3 Å². The maximum absolute atomic E-state index is 11.1. The highest BCUT2D eigenvalue weighted by atomic mass is 16.5. The molecular weight excluding hydrogens is 304 g/mol. The van der Waals surface area contributed by atoms with Crippen molar-refractivity contribution >= 4 is 11.9 Å². The maximum Gasteiger partial charge on any atom is 0.153 e. The number of carbonyl (C=O) groups is 1. The van der Waals surface area contributed by atoms with E-state index < -0.39 is 0 Å². The standard InChI is InChI=1S/C16H14N2O3.C3H8/c1-20-14-4-5-15(13(9-14)10-19)21-11-12-3-2-7-18-8-6-17-16(12)18;1-3-2/h2-10H,11H2,1H3;3H2,1-2H3. The van der Waals surface area contributed by atoms with E-state index in [1.807, 2.05) is 28.9 Å². The van der Waals surface area contributed by atoms with Crippen LogP contribution in [0.15, 0.2) is 48.9 Å². The first-order chi connectivity index (χ1) is 11.7. The molecule has 0 aliphatic heterocycles. The fourth-order valence-corrected chi connectivity index (χ4v) is 2.15. The number of pyridine rings is 1. The van der Waals surface area contributed by atoms with Crippen LogP contribution in [0.25, 0.3) is 5.65 Å². The zero-order valence-electron chi connectivity index (χ0n) is 14.2. The summed E-state index contributed by atoms with van der Waals surface area (Å²) in [5.41, 5.74) is 2.26. The Bertz CT molecular complexity index is 796. The Labute approximate surface area is 141 Å². The molecule has 0 saturated heterocycles. The Kier molecular flexibility index (Phi) is 6.37. The van der Waals surface area contributed by atoms with Gasteiger partial charge in [0.2, 0.25) is 0 Å². The Morgan fingerprint density at radius 3 is 2.71 bits per heavy atom. The first kappa shape index (κ1) is 17.5. The molecule has 0 saturated carbocycles. The average Bonchev–Trinajstić information content (AvgIpc) is 3.09. The highest BCUT2D eigenvalue weighted by Gasteiger charge is 2.07. The van der Waals surface area contributed by atoms with Gasteiger partial charge in [0.25, 0.3) is 0 Å². The quantitative estimate of drug-likeness (QED) is 0.661. The molecule has 0 unspecified atom stereocenters. The fraction of sp³-hybridized carbons (Fsp3) is 0.263. The highest BCUT2D eigenvalue weighted by Crippen LogP contribution is 2.24. The summed E-state index contributed by atoms with van der Waals surface area (Å²) in [7, 11) is 1.56. The largest absolute Gasteiger partial charge is 0.497 e. The van der Waals surface area contributed by atoms with E-state index in [1.165, 1.54) is 6.42 Å². The molecule has 3 rings (SSSR count). The SMILES string of the molecule is CCC.COc1ccc(OCc2cccn3ccnc23)c(C=O)c1. The van der Waals surface area contributed by atoms with Crippen LogP contribution in [0.1, 0.15) is 36.2 Å². The monoisotopic (exact) mass is 326 g/mol. The molecule has 0 spiro atoms. The van der Waals surface area contributed by atoms with E-state index in [0.717, 1.165) is 17.5 Å². The topological polar surface area (TPSA) is 52.8 Å². The molecule has 0 aliphatic rings. The molecule has 0 amide bonds. The zero-order valence-corrected chi connectivity index (χ0v) is 14.2. The molecular formula is C19H22N2O3. The van der Waals surface area contributed by atoms with Crippen molar-refractivity contribution in [2.24, 2.45) is 0 Å². The predicted octanol–water partition coefficient (Wildman–Crippen LogP) is 4.15. The van der Waals surface area contributed by atoms with E-state index in [2.05, 4.69) is 18.8 Å². The van der Waals surface area contributed by atoms with Crippen LogP contribution in [-0.4, -0.2) is 22.8 Å². The van der Waals surface area contributed by atoms with Gasteiger partial charge >= 0.3 is 0 Å². The van der Waals surface area contributed by atoms with Crippen molar-refractivity contribution in [1.29, 1.82) is 0 Å². The van der Waals surface area contributed by atoms with Gasteiger partial charge < -0.3 is 13.9 Å². The lowest BCUT2D eigenvalue weighted by Crippen LogP contribution is -2.01. The zero-order chi connectivity index (χ0) is 17.4. The van der Waals surface area contributed by atoms with Crippen LogP contribution >= 0.6 is 0 Å². The number of benzene rings is 1. The van der Waals surface area contributed by atoms with Crippen LogP contribution in [0.2, 0.25) is 0 Å². The Balaban J connectivity index is 0.000000647. The second-order valence-electron chi connectivity index (χ2n) is 5.21. The molecule has 0 bridgehead atoms. The number of imidazole rings is 1. The maximum atomic E-state index is 11.1. The first-order valence-corrected chi connectivity index (χ1v) is 7.90. The van der Waals surface area contributed by atoms with Gasteiger partial charge in [-0.3, -0.25) is 4.79 Å². The summed E-state index contributed by atoms with van der Waals surface area (Å²) in [4.78, 5) is 15.4. The third kappa shape index (κ3) is 4.13. The molecule has 0 radical (unpaired) electrons. The van der Waals surface area contributed by atoms with Crippen LogP contribution in [0, 0.1) is 0 Å². The second-order valence-corrected chi connectivity index (χ2v) is 5.21. The van der Waals surface area contributed by atoms with Gasteiger partial charge in [0.1, 0.15) is 23.8 Å². The fourth-order valence-electron chi connectivity index (χ4n) is 2.15. The summed E-state index contributed by atoms with van der Waals surface area (Å²) in [6.07, 6.45) is 7.55. The van der Waals surface area contributed by atoms with E-state index >= 15 is 0 Å². The summed E-state index contributed by atoms with van der Waals surface area (Å²) in [5.74, 6) is 1.15. The number of hydrogen-bond acceptors (Lipinski definition) is 4. The van der Waals surface area contributed by atoms with Crippen molar-refractivity contribution in [3.05, 3.63) is 60.0 Å². The van der Waals surface area contributed by atoms with Gasteiger partial charge in [-0.2, -0.15) is 0 Å². The van der Waals surface area contributed by atoms with Gasteiger partial charge in [0.15, 0.2) is 6.29 Å². The third-order valence-corrected chi connectivity index (χ3v) is 3.23. The smallest absolute Gasteiger partial charge is 0.153 e. The lowest BCUT2D eigenvalue weighted by atomic mass is 10.2. The molecule has 3 aromatic rings. The van der Waals surface area contributed by atoms with E-state index in [4.69, 9.17) is 9.47 Å². The van der Waals surface area contributed by atoms with Crippen LogP contribution in [0.4, 0.5) is 0 Å². The number of ether oxygens (including phenoxy) is 2. The summed E-state index contributed by atoms with van der Waals surface area (Å²) in [5, 5.41) is 0. The second kappa shape index (κ2) is 8.72. The van der Waals surface area contributed by atoms with Crippen molar-refractivity contribution in [2.45, 2.75) is 26.9 Å². The molecule has 2 aromatic heterocycles. The number of aldehydes is 1. The number of nitrogens with zero attached hydrogens (tertiary/aromatic N) is 2. The van der Waals surface area contributed by atoms with E-state index in [-0.39, 0.29) is 0 Å². The minimum atomic E-state index is 0.342. The van der Waals surface area contributed by atoms with Crippen LogP contribution in [0.3, 0.4) is 0 Å². The van der Waals surface area contributed by atoms with Gasteiger partial charge in [0, 0.05) is 24.2 Å². The molecule has 5 nitrogen and oxygen atoms in total. The van der Waals surface area contributed by atoms with Crippen LogP contribution in [0.5, 0.6) is 11.5 Å². The van der Waals surface area contributed by atoms with Gasteiger partial charge in [0.05, 0.1) is 12.7 Å². The Morgan fingerprint density at radius 2 is 2.00 bits per heavy atom. The minimum Gasteiger partial charge on any atom is -0.497 e. The predicted molar refractivity (Wildman–Crippen MR) is 93.9 cm³/mol. The molecule has 0 N–H and O–H groups in total. The molecule has 0 aliphatic carbocycles. The number of rotatable bonds is 5. The lowest BCUT2D eigenvalue weighted by molar-refractivity contribution is 0.111. The number of aromatic nitrogens is 2. The molecule has 24 heavy (non-hydrogen) atoms. The average molecular weight is 326 g/mol. The number of carbonyl (C=O) groups excluding carboxylic acids is 1. The van der Waals surface area contributed by atoms with Crippen molar-refractivity contribution in [1.82, 2.24) is 9.38 Å². The van der Waals surface area contributed by atoms with E-state index in [0.29, 0.717) is 23.7 Å². The Morgan fingerprint density at radius 1 is 1.21 bits per heavy atom. The molecule has 0 fully saturated rings. The summed E-state index contributed by atoms with van der Waals surface area (Å²) < 4.78 is 12.8. The van der Waals surface area contributed by atoms with Crippen molar-refractivity contribution in [3.63, 3.8) is 0 Å². The highest BCUT2D eigenvalue weighted by molar-refractivity contribution is 5.80. The molecule has 5 heteroatoms. The molecule has 2 heterocycles. The van der Waals surface area contributed by atoms with Gasteiger partial charge in [-0.25, -0.2) is 4.98 Å². The Hall–Kier alpha value is -2.82. The number of hydrogen-bond donors (Lipinski definition) is 0. The molecule has 0 atom stereocenters. The van der Waals surface area contributed by atoms with E-state index in [1.54, 1.807) is 31.5 Å². The normalized spacial score (nSPS) is 9.96. The van der Waals surface area contributed by atoms with Crippen molar-refractivity contribution < 1.29 is 14.3 Å². The van der Waals surface area contributed by atoms with Crippen molar-refractivity contribution in [3.8, 4) is 11.5 Å². The molecule has 126 valence electrons. The first-order valence-electron chi connectivity index (χ1n) is 7.90. The van der Waals surface area contributed by atoms with Crippen molar-refractivity contribution in [2.75, 3.05) is 7.11 Å². The molecule has 1 aromatic carbocycles. The number of fused-ring (bicyclic) bond motifs is 1. The minimum absolute atomic E-state index is 0.342. The van der Waals surface area contributed by atoms with Crippen LogP contribution < -0.4 is 9.47 Å². The van der Waals surface area contributed by atoms with Gasteiger partial charge in [-0.15, -0.1) is 0 Å². The third-order valence-electron chi connectivity index (χ3n) is 3.23.